The molecule has 0 spiro atoms. The third-order valence-electron chi connectivity index (χ3n) is 5.29. The van der Waals surface area contributed by atoms with Crippen molar-refractivity contribution in [2.24, 2.45) is 0 Å². The van der Waals surface area contributed by atoms with Crippen LogP contribution >= 0.6 is 0 Å². The fraction of sp³-hybridized carbons (Fsp3) is 0.381. The lowest BCUT2D eigenvalue weighted by Gasteiger charge is -2.29. The largest absolute Gasteiger partial charge is 0.339 e. The highest BCUT2D eigenvalue weighted by molar-refractivity contribution is 5.98. The average Bonchev–Trinajstić information content (AvgIpc) is 2.73. The van der Waals surface area contributed by atoms with Crippen LogP contribution in [0.5, 0.6) is 0 Å². The van der Waals surface area contributed by atoms with Crippen LogP contribution < -0.4 is 0 Å². The Morgan fingerprint density at radius 1 is 0.846 bits per heavy atom. The number of amides is 2. The second-order valence-corrected chi connectivity index (χ2v) is 7.03. The predicted molar refractivity (Wildman–Crippen MR) is 98.9 cm³/mol. The molecule has 2 amide bonds. The van der Waals surface area contributed by atoms with E-state index in [1.807, 2.05) is 21.9 Å². The van der Waals surface area contributed by atoms with Crippen molar-refractivity contribution < 1.29 is 9.59 Å². The fourth-order valence-corrected chi connectivity index (χ4v) is 3.79. The molecule has 3 heterocycles. The number of hydrogen-bond acceptors (Lipinski definition) is 3. The van der Waals surface area contributed by atoms with Crippen molar-refractivity contribution in [1.29, 1.82) is 0 Å². The number of carbonyl (C=O) groups excluding carboxylic acids is 2. The number of fused-ring (bicyclic) bond motifs is 1. The van der Waals surface area contributed by atoms with E-state index in [9.17, 15) is 9.59 Å². The summed E-state index contributed by atoms with van der Waals surface area (Å²) in [5, 5.41) is 0. The SMILES string of the molecule is O=C(c1ccnc(C(=O)N2CCc3ccccc3C2)c1)N1CCCCC1. The van der Waals surface area contributed by atoms with Gasteiger partial charge in [-0.15, -0.1) is 0 Å². The Bertz CT molecular complexity index is 828. The van der Waals surface area contributed by atoms with E-state index >= 15 is 0 Å². The maximum atomic E-state index is 12.9. The number of aromatic nitrogens is 1. The molecule has 0 aliphatic carbocycles. The van der Waals surface area contributed by atoms with Crippen molar-refractivity contribution in [2.45, 2.75) is 32.2 Å². The number of nitrogens with zero attached hydrogens (tertiary/aromatic N) is 3. The van der Waals surface area contributed by atoms with Crippen molar-refractivity contribution in [3.8, 4) is 0 Å². The molecule has 1 fully saturated rings. The second kappa shape index (κ2) is 7.28. The summed E-state index contributed by atoms with van der Waals surface area (Å²) in [6.07, 6.45) is 5.71. The molecule has 0 atom stereocenters. The highest BCUT2D eigenvalue weighted by Crippen LogP contribution is 2.20. The zero-order chi connectivity index (χ0) is 17.9. The van der Waals surface area contributed by atoms with Crippen LogP contribution in [0.25, 0.3) is 0 Å². The zero-order valence-electron chi connectivity index (χ0n) is 14.9. The summed E-state index contributed by atoms with van der Waals surface area (Å²) in [5.74, 6) is -0.0991. The number of piperidine rings is 1. The maximum absolute atomic E-state index is 12.9. The van der Waals surface area contributed by atoms with Gasteiger partial charge in [0.15, 0.2) is 0 Å². The summed E-state index contributed by atoms with van der Waals surface area (Å²) in [6.45, 7) is 2.88. The van der Waals surface area contributed by atoms with Gasteiger partial charge >= 0.3 is 0 Å². The number of likely N-dealkylation sites (tertiary alicyclic amines) is 1. The first-order chi connectivity index (χ1) is 12.7. The zero-order valence-corrected chi connectivity index (χ0v) is 14.9. The summed E-state index contributed by atoms with van der Waals surface area (Å²) in [6, 6.07) is 11.6. The third kappa shape index (κ3) is 3.34. The van der Waals surface area contributed by atoms with Gasteiger partial charge in [0.2, 0.25) is 0 Å². The van der Waals surface area contributed by atoms with E-state index in [1.165, 1.54) is 17.5 Å². The quantitative estimate of drug-likeness (QED) is 0.838. The minimum absolute atomic E-state index is 0.00476. The van der Waals surface area contributed by atoms with Crippen LogP contribution in [-0.2, 0) is 13.0 Å². The predicted octanol–water partition coefficient (Wildman–Crippen LogP) is 2.91. The van der Waals surface area contributed by atoms with Crippen molar-refractivity contribution in [3.63, 3.8) is 0 Å². The highest BCUT2D eigenvalue weighted by Gasteiger charge is 2.24. The number of carbonyl (C=O) groups is 2. The van der Waals surface area contributed by atoms with Crippen LogP contribution in [-0.4, -0.2) is 46.2 Å². The van der Waals surface area contributed by atoms with Gasteiger partial charge in [0, 0.05) is 37.9 Å². The van der Waals surface area contributed by atoms with Crippen LogP contribution in [0, 0.1) is 0 Å². The molecule has 26 heavy (non-hydrogen) atoms. The van der Waals surface area contributed by atoms with E-state index < -0.39 is 0 Å². The van der Waals surface area contributed by atoms with Gasteiger partial charge in [0.1, 0.15) is 5.69 Å². The molecule has 134 valence electrons. The lowest BCUT2D eigenvalue weighted by Crippen LogP contribution is -2.37. The van der Waals surface area contributed by atoms with Crippen LogP contribution in [0.15, 0.2) is 42.6 Å². The Hall–Kier alpha value is -2.69. The molecule has 1 saturated heterocycles. The number of pyridine rings is 1. The number of hydrogen-bond donors (Lipinski definition) is 0. The minimum atomic E-state index is -0.104. The summed E-state index contributed by atoms with van der Waals surface area (Å²) < 4.78 is 0. The van der Waals surface area contributed by atoms with E-state index in [4.69, 9.17) is 0 Å². The van der Waals surface area contributed by atoms with Crippen LogP contribution in [0.3, 0.4) is 0 Å². The van der Waals surface area contributed by atoms with Gasteiger partial charge in [-0.3, -0.25) is 14.6 Å². The molecular formula is C21H23N3O2. The van der Waals surface area contributed by atoms with E-state index in [1.54, 1.807) is 18.3 Å². The van der Waals surface area contributed by atoms with Gasteiger partial charge < -0.3 is 9.80 Å². The lowest BCUT2D eigenvalue weighted by atomic mass is 9.99. The summed E-state index contributed by atoms with van der Waals surface area (Å²) in [5.41, 5.74) is 3.40. The van der Waals surface area contributed by atoms with Crippen molar-refractivity contribution >= 4 is 11.8 Å². The van der Waals surface area contributed by atoms with Gasteiger partial charge in [0.05, 0.1) is 0 Å². The Balaban J connectivity index is 1.51. The molecule has 5 nitrogen and oxygen atoms in total. The first-order valence-electron chi connectivity index (χ1n) is 9.34. The molecule has 2 aliphatic rings. The molecule has 1 aromatic heterocycles. The van der Waals surface area contributed by atoms with Crippen molar-refractivity contribution in [2.75, 3.05) is 19.6 Å². The van der Waals surface area contributed by atoms with Gasteiger partial charge in [-0.2, -0.15) is 0 Å². The van der Waals surface area contributed by atoms with Crippen LogP contribution in [0.2, 0.25) is 0 Å². The van der Waals surface area contributed by atoms with Crippen LogP contribution in [0.4, 0.5) is 0 Å². The lowest BCUT2D eigenvalue weighted by molar-refractivity contribution is 0.0723. The van der Waals surface area contributed by atoms with E-state index in [2.05, 4.69) is 17.1 Å². The molecule has 2 aliphatic heterocycles. The summed E-state index contributed by atoms with van der Waals surface area (Å²) in [7, 11) is 0. The Labute approximate surface area is 153 Å². The highest BCUT2D eigenvalue weighted by atomic mass is 16.2. The molecule has 4 rings (SSSR count). The molecule has 5 heteroatoms. The summed E-state index contributed by atoms with van der Waals surface area (Å²) in [4.78, 5) is 33.5. The monoisotopic (exact) mass is 349 g/mol. The second-order valence-electron chi connectivity index (χ2n) is 7.03. The first kappa shape index (κ1) is 16.8. The maximum Gasteiger partial charge on any atom is 0.272 e. The average molecular weight is 349 g/mol. The number of benzene rings is 1. The van der Waals surface area contributed by atoms with Crippen molar-refractivity contribution in [3.05, 3.63) is 65.0 Å². The van der Waals surface area contributed by atoms with E-state index in [0.717, 1.165) is 32.4 Å². The van der Waals surface area contributed by atoms with Gasteiger partial charge in [-0.1, -0.05) is 24.3 Å². The first-order valence-corrected chi connectivity index (χ1v) is 9.34. The fourth-order valence-electron chi connectivity index (χ4n) is 3.79. The smallest absolute Gasteiger partial charge is 0.272 e. The van der Waals surface area contributed by atoms with Crippen LogP contribution in [0.1, 0.15) is 51.2 Å². The Morgan fingerprint density at radius 3 is 2.42 bits per heavy atom. The third-order valence-corrected chi connectivity index (χ3v) is 5.29. The Kier molecular flexibility index (Phi) is 4.69. The van der Waals surface area contributed by atoms with Gasteiger partial charge in [-0.05, 0) is 48.9 Å². The molecule has 0 saturated carbocycles. The molecule has 0 bridgehead atoms. The molecule has 0 N–H and O–H groups in total. The Morgan fingerprint density at radius 2 is 1.62 bits per heavy atom. The normalized spacial score (nSPS) is 16.9. The van der Waals surface area contributed by atoms with Gasteiger partial charge in [-0.25, -0.2) is 0 Å². The standard InChI is InChI=1S/C21H23N3O2/c25-20(23-11-4-1-5-12-23)17-8-10-22-19(14-17)21(26)24-13-9-16-6-2-3-7-18(16)15-24/h2-3,6-8,10,14H,1,4-5,9,11-13,15H2. The topological polar surface area (TPSA) is 53.5 Å². The van der Waals surface area contributed by atoms with Crippen molar-refractivity contribution in [1.82, 2.24) is 14.8 Å². The van der Waals surface area contributed by atoms with E-state index in [-0.39, 0.29) is 11.8 Å². The molecule has 0 unspecified atom stereocenters. The minimum Gasteiger partial charge on any atom is -0.339 e. The molecule has 0 radical (unpaired) electrons. The summed E-state index contributed by atoms with van der Waals surface area (Å²) >= 11 is 0. The van der Waals surface area contributed by atoms with E-state index in [0.29, 0.717) is 24.3 Å². The molecule has 2 aromatic rings. The molecule has 1 aromatic carbocycles. The number of rotatable bonds is 2. The van der Waals surface area contributed by atoms with Gasteiger partial charge in [0.25, 0.3) is 11.8 Å². The molecular weight excluding hydrogens is 326 g/mol.